The van der Waals surface area contributed by atoms with Crippen molar-refractivity contribution >= 4 is 0 Å². The second-order valence-electron chi connectivity index (χ2n) is 4.85. The van der Waals surface area contributed by atoms with Gasteiger partial charge >= 0.3 is 0 Å². The Morgan fingerprint density at radius 2 is 1.90 bits per heavy atom. The minimum absolute atomic E-state index is 0.0353. The van der Waals surface area contributed by atoms with E-state index in [0.29, 0.717) is 5.75 Å². The molecule has 0 spiro atoms. The molecule has 0 heterocycles. The van der Waals surface area contributed by atoms with Crippen LogP contribution in [-0.2, 0) is 6.61 Å². The molecule has 2 N–H and O–H groups in total. The number of hydrogen-bond donors (Lipinski definition) is 1. The van der Waals surface area contributed by atoms with Gasteiger partial charge in [0.15, 0.2) is 0 Å². The molecule has 0 aliphatic rings. The number of hydrogen-bond acceptors (Lipinski definition) is 2. The summed E-state index contributed by atoms with van der Waals surface area (Å²) in [6.07, 6.45) is 0. The molecule has 0 saturated heterocycles. The Balaban J connectivity index is 2.20. The molecule has 2 rings (SSSR count). The molecule has 0 aliphatic carbocycles. The summed E-state index contributed by atoms with van der Waals surface area (Å²) < 4.78 is 32.2. The lowest BCUT2D eigenvalue weighted by molar-refractivity contribution is 0.294. The van der Waals surface area contributed by atoms with E-state index < -0.39 is 11.6 Å². The van der Waals surface area contributed by atoms with Gasteiger partial charge in [0, 0.05) is 17.2 Å². The first kappa shape index (κ1) is 14.5. The van der Waals surface area contributed by atoms with Gasteiger partial charge in [-0.2, -0.15) is 0 Å². The Hall–Kier alpha value is -1.94. The highest BCUT2D eigenvalue weighted by Crippen LogP contribution is 2.26. The fraction of sp³-hybridized carbons (Fsp3) is 0.250. The van der Waals surface area contributed by atoms with Gasteiger partial charge in [-0.1, -0.05) is 17.7 Å². The summed E-state index contributed by atoms with van der Waals surface area (Å²) in [6.45, 7) is 3.78. The average molecular weight is 277 g/mol. The van der Waals surface area contributed by atoms with Crippen LogP contribution < -0.4 is 10.5 Å². The summed E-state index contributed by atoms with van der Waals surface area (Å²) in [5.74, 6) is -0.378. The van der Waals surface area contributed by atoms with Crippen molar-refractivity contribution in [3.63, 3.8) is 0 Å². The van der Waals surface area contributed by atoms with E-state index in [0.717, 1.165) is 29.3 Å². The summed E-state index contributed by atoms with van der Waals surface area (Å²) in [5.41, 5.74) is 7.99. The second kappa shape index (κ2) is 6.01. The number of rotatable bonds is 4. The van der Waals surface area contributed by atoms with Gasteiger partial charge in [-0.3, -0.25) is 0 Å². The number of ether oxygens (including phenoxy) is 1. The maximum Gasteiger partial charge on any atom is 0.130 e. The van der Waals surface area contributed by atoms with E-state index in [1.807, 2.05) is 26.0 Å². The second-order valence-corrected chi connectivity index (χ2v) is 4.85. The van der Waals surface area contributed by atoms with E-state index in [4.69, 9.17) is 10.5 Å². The van der Waals surface area contributed by atoms with Crippen LogP contribution in [0.4, 0.5) is 8.78 Å². The van der Waals surface area contributed by atoms with E-state index in [1.165, 1.54) is 0 Å². The van der Waals surface area contributed by atoms with Crippen LogP contribution in [0.3, 0.4) is 0 Å². The number of halogens is 2. The van der Waals surface area contributed by atoms with Crippen molar-refractivity contribution < 1.29 is 13.5 Å². The molecule has 0 aromatic heterocycles. The Bertz CT molecular complexity index is 611. The normalized spacial score (nSPS) is 12.2. The fourth-order valence-electron chi connectivity index (χ4n) is 1.96. The van der Waals surface area contributed by atoms with Crippen molar-refractivity contribution in [1.82, 2.24) is 0 Å². The van der Waals surface area contributed by atoms with Crippen molar-refractivity contribution in [3.8, 4) is 5.75 Å². The molecule has 0 saturated carbocycles. The Morgan fingerprint density at radius 1 is 1.15 bits per heavy atom. The van der Waals surface area contributed by atoms with E-state index in [9.17, 15) is 8.78 Å². The molecule has 0 radical (unpaired) electrons. The molecule has 1 unspecified atom stereocenters. The van der Waals surface area contributed by atoms with Gasteiger partial charge in [0.2, 0.25) is 0 Å². The van der Waals surface area contributed by atoms with Crippen LogP contribution in [0, 0.1) is 18.6 Å². The Morgan fingerprint density at radius 3 is 2.60 bits per heavy atom. The third-order valence-corrected chi connectivity index (χ3v) is 3.05. The Kier molecular flexibility index (Phi) is 4.35. The topological polar surface area (TPSA) is 35.2 Å². The van der Waals surface area contributed by atoms with Crippen LogP contribution in [-0.4, -0.2) is 0 Å². The minimum Gasteiger partial charge on any atom is -0.488 e. The molecule has 2 aromatic carbocycles. The minimum atomic E-state index is -0.485. The molecule has 2 nitrogen and oxygen atoms in total. The monoisotopic (exact) mass is 277 g/mol. The number of nitrogens with two attached hydrogens (primary N) is 1. The first-order chi connectivity index (χ1) is 9.47. The van der Waals surface area contributed by atoms with Crippen LogP contribution in [0.2, 0.25) is 0 Å². The van der Waals surface area contributed by atoms with E-state index in [1.54, 1.807) is 6.07 Å². The zero-order valence-corrected chi connectivity index (χ0v) is 11.5. The van der Waals surface area contributed by atoms with Crippen molar-refractivity contribution in [2.24, 2.45) is 5.73 Å². The Labute approximate surface area is 117 Å². The highest BCUT2D eigenvalue weighted by molar-refractivity contribution is 5.39. The van der Waals surface area contributed by atoms with E-state index in [-0.39, 0.29) is 18.2 Å². The lowest BCUT2D eigenvalue weighted by Gasteiger charge is -2.15. The molecule has 0 amide bonds. The summed E-state index contributed by atoms with van der Waals surface area (Å²) >= 11 is 0. The first-order valence-corrected chi connectivity index (χ1v) is 6.40. The van der Waals surface area contributed by atoms with Crippen molar-refractivity contribution in [3.05, 3.63) is 64.7 Å². The van der Waals surface area contributed by atoms with Crippen molar-refractivity contribution in [2.75, 3.05) is 0 Å². The summed E-state index contributed by atoms with van der Waals surface area (Å²) in [4.78, 5) is 0. The maximum atomic E-state index is 13.5. The van der Waals surface area contributed by atoms with Gasteiger partial charge in [0.05, 0.1) is 0 Å². The lowest BCUT2D eigenvalue weighted by Crippen LogP contribution is -2.09. The molecule has 20 heavy (non-hydrogen) atoms. The van der Waals surface area contributed by atoms with Gasteiger partial charge in [-0.15, -0.1) is 0 Å². The van der Waals surface area contributed by atoms with Crippen LogP contribution in [0.15, 0.2) is 36.4 Å². The molecule has 4 heteroatoms. The van der Waals surface area contributed by atoms with Gasteiger partial charge in [-0.25, -0.2) is 8.78 Å². The average Bonchev–Trinajstić information content (AvgIpc) is 2.40. The molecule has 106 valence electrons. The van der Waals surface area contributed by atoms with Crippen molar-refractivity contribution in [2.45, 2.75) is 26.5 Å². The van der Waals surface area contributed by atoms with Gasteiger partial charge in [0.1, 0.15) is 24.0 Å². The molecule has 0 bridgehead atoms. The molecule has 1 atom stereocenters. The van der Waals surface area contributed by atoms with Crippen LogP contribution >= 0.6 is 0 Å². The number of benzene rings is 2. The predicted octanol–water partition coefficient (Wildman–Crippen LogP) is 3.87. The quantitative estimate of drug-likeness (QED) is 0.920. The molecular formula is C16H17F2NO. The molecule has 0 fully saturated rings. The van der Waals surface area contributed by atoms with Gasteiger partial charge < -0.3 is 10.5 Å². The predicted molar refractivity (Wildman–Crippen MR) is 74.5 cm³/mol. The highest BCUT2D eigenvalue weighted by Gasteiger charge is 2.10. The third-order valence-electron chi connectivity index (χ3n) is 3.05. The summed E-state index contributed by atoms with van der Waals surface area (Å²) in [7, 11) is 0. The fourth-order valence-corrected chi connectivity index (χ4v) is 1.96. The van der Waals surface area contributed by atoms with Gasteiger partial charge in [-0.05, 0) is 38.1 Å². The van der Waals surface area contributed by atoms with Crippen LogP contribution in [0.5, 0.6) is 5.75 Å². The third kappa shape index (κ3) is 3.33. The molecule has 2 aromatic rings. The summed E-state index contributed by atoms with van der Waals surface area (Å²) in [6, 6.07) is 8.74. The first-order valence-electron chi connectivity index (χ1n) is 6.40. The number of aryl methyl sites for hydroxylation is 1. The van der Waals surface area contributed by atoms with E-state index >= 15 is 0 Å². The van der Waals surface area contributed by atoms with Crippen LogP contribution in [0.1, 0.15) is 29.7 Å². The zero-order valence-electron chi connectivity index (χ0n) is 11.5. The smallest absolute Gasteiger partial charge is 0.130 e. The molecular weight excluding hydrogens is 260 g/mol. The van der Waals surface area contributed by atoms with Gasteiger partial charge in [0.25, 0.3) is 0 Å². The van der Waals surface area contributed by atoms with E-state index in [2.05, 4.69) is 0 Å². The maximum absolute atomic E-state index is 13.5. The standard InChI is InChI=1S/C16H17F2NO/c1-10-3-6-16(14(7-10)11(2)19)20-9-12-8-13(17)4-5-15(12)18/h3-8,11H,9,19H2,1-2H3. The SMILES string of the molecule is Cc1ccc(OCc2cc(F)ccc2F)c(C(C)N)c1. The zero-order chi connectivity index (χ0) is 14.7. The van der Waals surface area contributed by atoms with Crippen LogP contribution in [0.25, 0.3) is 0 Å². The van der Waals surface area contributed by atoms with Crippen molar-refractivity contribution in [1.29, 1.82) is 0 Å². The largest absolute Gasteiger partial charge is 0.488 e. The molecule has 0 aliphatic heterocycles. The summed E-state index contributed by atoms with van der Waals surface area (Å²) in [5, 5.41) is 0. The lowest BCUT2D eigenvalue weighted by atomic mass is 10.1. The highest BCUT2D eigenvalue weighted by atomic mass is 19.1.